The van der Waals surface area contributed by atoms with E-state index in [0.29, 0.717) is 5.41 Å². The summed E-state index contributed by atoms with van der Waals surface area (Å²) in [6, 6.07) is 11.1. The van der Waals surface area contributed by atoms with E-state index < -0.39 is 0 Å². The summed E-state index contributed by atoms with van der Waals surface area (Å²) in [4.78, 5) is 0. The predicted molar refractivity (Wildman–Crippen MR) is 96.7 cm³/mol. The number of ether oxygens (including phenoxy) is 2. The lowest BCUT2D eigenvalue weighted by molar-refractivity contribution is -0.187. The van der Waals surface area contributed by atoms with Gasteiger partial charge in [-0.2, -0.15) is 0 Å². The van der Waals surface area contributed by atoms with Gasteiger partial charge in [-0.15, -0.1) is 24.8 Å². The summed E-state index contributed by atoms with van der Waals surface area (Å²) < 4.78 is 11.9. The van der Waals surface area contributed by atoms with Gasteiger partial charge in [-0.1, -0.05) is 30.3 Å². The van der Waals surface area contributed by atoms with E-state index in [2.05, 4.69) is 35.6 Å². The van der Waals surface area contributed by atoms with Crippen molar-refractivity contribution in [2.45, 2.75) is 43.3 Å². The fraction of sp³-hybridized carbons (Fsp3) is 0.667. The van der Waals surface area contributed by atoms with Crippen LogP contribution in [0.4, 0.5) is 0 Å². The molecular weight excluding hydrogens is 333 g/mol. The quantitative estimate of drug-likeness (QED) is 0.873. The van der Waals surface area contributed by atoms with Crippen LogP contribution in [0.3, 0.4) is 0 Å². The van der Waals surface area contributed by atoms with E-state index in [4.69, 9.17) is 9.47 Å². The highest BCUT2D eigenvalue weighted by Gasteiger charge is 2.50. The number of benzene rings is 1. The van der Waals surface area contributed by atoms with E-state index in [0.717, 1.165) is 45.1 Å². The van der Waals surface area contributed by atoms with Crippen LogP contribution in [0, 0.1) is 5.92 Å². The molecule has 2 aliphatic heterocycles. The van der Waals surface area contributed by atoms with Crippen LogP contribution in [0.25, 0.3) is 0 Å². The van der Waals surface area contributed by atoms with Crippen LogP contribution in [0.1, 0.15) is 37.7 Å². The van der Waals surface area contributed by atoms with Crippen molar-refractivity contribution >= 4 is 24.8 Å². The average molecular weight is 360 g/mol. The molecule has 130 valence electrons. The van der Waals surface area contributed by atoms with Gasteiger partial charge in [0.25, 0.3) is 0 Å². The molecule has 1 aliphatic carbocycles. The van der Waals surface area contributed by atoms with Crippen LogP contribution < -0.4 is 5.32 Å². The van der Waals surface area contributed by atoms with Gasteiger partial charge in [-0.3, -0.25) is 0 Å². The first-order chi connectivity index (χ1) is 10.3. The second-order valence-electron chi connectivity index (χ2n) is 6.82. The van der Waals surface area contributed by atoms with Gasteiger partial charge in [0.05, 0.1) is 13.2 Å². The molecule has 0 radical (unpaired) electrons. The van der Waals surface area contributed by atoms with Crippen LogP contribution in [-0.2, 0) is 14.9 Å². The SMILES string of the molecule is Cl.Cl.c1ccc(C2(C3CCNC3)CCC3(CC2)OCCO3)cc1. The predicted octanol–water partition coefficient (Wildman–Crippen LogP) is 3.69. The second-order valence-corrected chi connectivity index (χ2v) is 6.82. The summed E-state index contributed by atoms with van der Waals surface area (Å²) in [7, 11) is 0. The van der Waals surface area contributed by atoms with Crippen molar-refractivity contribution in [2.24, 2.45) is 5.92 Å². The Balaban J connectivity index is 0.000000960. The summed E-state index contributed by atoms with van der Waals surface area (Å²) in [6.07, 6.45) is 5.74. The molecule has 1 atom stereocenters. The van der Waals surface area contributed by atoms with Crippen molar-refractivity contribution in [3.05, 3.63) is 35.9 Å². The third-order valence-corrected chi connectivity index (χ3v) is 5.91. The van der Waals surface area contributed by atoms with Crippen molar-refractivity contribution in [3.8, 4) is 0 Å². The number of nitrogens with one attached hydrogen (secondary N) is 1. The zero-order valence-electron chi connectivity index (χ0n) is 13.5. The summed E-state index contributed by atoms with van der Waals surface area (Å²) in [6.45, 7) is 3.85. The van der Waals surface area contributed by atoms with Crippen LogP contribution in [0.2, 0.25) is 0 Å². The Morgan fingerprint density at radius 3 is 2.13 bits per heavy atom. The first-order valence-corrected chi connectivity index (χ1v) is 8.37. The van der Waals surface area contributed by atoms with Gasteiger partial charge >= 0.3 is 0 Å². The summed E-state index contributed by atoms with van der Waals surface area (Å²) >= 11 is 0. The third kappa shape index (κ3) is 3.40. The lowest BCUT2D eigenvalue weighted by Crippen LogP contribution is -2.46. The monoisotopic (exact) mass is 359 g/mol. The van der Waals surface area contributed by atoms with Gasteiger partial charge in [0.1, 0.15) is 0 Å². The smallest absolute Gasteiger partial charge is 0.168 e. The molecule has 1 spiro atoms. The topological polar surface area (TPSA) is 30.5 Å². The Kier molecular flexibility index (Phi) is 6.37. The molecule has 0 amide bonds. The Morgan fingerprint density at radius 1 is 0.913 bits per heavy atom. The molecule has 2 saturated heterocycles. The second kappa shape index (κ2) is 7.71. The molecule has 0 bridgehead atoms. The van der Waals surface area contributed by atoms with Crippen molar-refractivity contribution in [3.63, 3.8) is 0 Å². The molecule has 23 heavy (non-hydrogen) atoms. The highest BCUT2D eigenvalue weighted by Crippen LogP contribution is 2.51. The minimum atomic E-state index is -0.260. The number of hydrogen-bond acceptors (Lipinski definition) is 3. The standard InChI is InChI=1S/C18H25NO2.2ClH/c1-2-4-15(5-3-1)17(16-6-11-19-14-16)7-9-18(10-8-17)20-12-13-21-18;;/h1-5,16,19H,6-14H2;2*1H. The molecular formula is C18H27Cl2NO2. The largest absolute Gasteiger partial charge is 0.348 e. The maximum atomic E-state index is 5.94. The molecule has 1 aromatic rings. The highest BCUT2D eigenvalue weighted by atomic mass is 35.5. The first-order valence-electron chi connectivity index (χ1n) is 8.37. The van der Waals surface area contributed by atoms with Gasteiger partial charge in [0.2, 0.25) is 0 Å². The molecule has 1 saturated carbocycles. The van der Waals surface area contributed by atoms with Gasteiger partial charge in [0, 0.05) is 12.8 Å². The molecule has 1 aromatic carbocycles. The highest BCUT2D eigenvalue weighted by molar-refractivity contribution is 5.85. The Hall–Kier alpha value is -0.320. The normalized spacial score (nSPS) is 28.1. The Bertz CT molecular complexity index is 475. The van der Waals surface area contributed by atoms with Gasteiger partial charge < -0.3 is 14.8 Å². The summed E-state index contributed by atoms with van der Waals surface area (Å²) in [5, 5.41) is 3.56. The zero-order chi connectivity index (χ0) is 14.2. The molecule has 3 aliphatic rings. The minimum Gasteiger partial charge on any atom is -0.348 e. The summed E-state index contributed by atoms with van der Waals surface area (Å²) in [5.41, 5.74) is 1.83. The summed E-state index contributed by atoms with van der Waals surface area (Å²) in [5.74, 6) is 0.489. The number of hydrogen-bond donors (Lipinski definition) is 1. The average Bonchev–Trinajstić information content (AvgIpc) is 3.22. The fourth-order valence-electron chi connectivity index (χ4n) is 4.69. The Labute approximate surface area is 151 Å². The molecule has 3 fully saturated rings. The lowest BCUT2D eigenvalue weighted by Gasteiger charge is -2.47. The van der Waals surface area contributed by atoms with E-state index in [1.54, 1.807) is 0 Å². The maximum absolute atomic E-state index is 5.94. The molecule has 5 heteroatoms. The minimum absolute atomic E-state index is 0. The van der Waals surface area contributed by atoms with Crippen molar-refractivity contribution in [2.75, 3.05) is 26.3 Å². The fourth-order valence-corrected chi connectivity index (χ4v) is 4.69. The lowest BCUT2D eigenvalue weighted by atomic mass is 9.60. The molecule has 1 unspecified atom stereocenters. The molecule has 0 aromatic heterocycles. The van der Waals surface area contributed by atoms with Gasteiger partial charge in [-0.25, -0.2) is 0 Å². The third-order valence-electron chi connectivity index (χ3n) is 5.91. The van der Waals surface area contributed by atoms with Crippen LogP contribution in [0.15, 0.2) is 30.3 Å². The first kappa shape index (κ1) is 19.0. The molecule has 3 nitrogen and oxygen atoms in total. The molecule has 4 rings (SSSR count). The number of rotatable bonds is 2. The van der Waals surface area contributed by atoms with Crippen LogP contribution >= 0.6 is 24.8 Å². The van der Waals surface area contributed by atoms with Gasteiger partial charge in [0.15, 0.2) is 5.79 Å². The van der Waals surface area contributed by atoms with Crippen molar-refractivity contribution < 1.29 is 9.47 Å². The molecule has 1 N–H and O–H groups in total. The van der Waals surface area contributed by atoms with E-state index in [1.165, 1.54) is 24.8 Å². The van der Waals surface area contributed by atoms with Crippen LogP contribution in [-0.4, -0.2) is 32.1 Å². The van der Waals surface area contributed by atoms with Crippen molar-refractivity contribution in [1.82, 2.24) is 5.32 Å². The Morgan fingerprint density at radius 2 is 1.57 bits per heavy atom. The zero-order valence-corrected chi connectivity index (χ0v) is 15.1. The van der Waals surface area contributed by atoms with E-state index in [9.17, 15) is 0 Å². The van der Waals surface area contributed by atoms with Crippen molar-refractivity contribution in [1.29, 1.82) is 0 Å². The maximum Gasteiger partial charge on any atom is 0.168 e. The van der Waals surface area contributed by atoms with Crippen LogP contribution in [0.5, 0.6) is 0 Å². The van der Waals surface area contributed by atoms with E-state index in [1.807, 2.05) is 0 Å². The number of halogens is 2. The molecule has 2 heterocycles. The van der Waals surface area contributed by atoms with E-state index in [-0.39, 0.29) is 30.6 Å². The van der Waals surface area contributed by atoms with Gasteiger partial charge in [-0.05, 0) is 49.2 Å². The van der Waals surface area contributed by atoms with E-state index >= 15 is 0 Å².